The molecule has 3 rings (SSSR count). The molecule has 1 heterocycles. The second kappa shape index (κ2) is 9.47. The van der Waals surface area contributed by atoms with Crippen LogP contribution in [0, 0.1) is 0 Å². The number of alkyl halides is 3. The molecule has 0 unspecified atom stereocenters. The van der Waals surface area contributed by atoms with E-state index in [0.717, 1.165) is 11.6 Å². The van der Waals surface area contributed by atoms with Crippen molar-refractivity contribution in [2.24, 2.45) is 0 Å². The minimum Gasteiger partial charge on any atom is -0.457 e. The molecule has 3 aromatic rings. The number of ketones is 1. The molecule has 0 aliphatic heterocycles. The van der Waals surface area contributed by atoms with Crippen molar-refractivity contribution in [2.75, 3.05) is 11.4 Å². The van der Waals surface area contributed by atoms with Gasteiger partial charge in [-0.3, -0.25) is 9.78 Å². The summed E-state index contributed by atoms with van der Waals surface area (Å²) in [6.45, 7) is 5.47. The first kappa shape index (κ1) is 22.1. The lowest BCUT2D eigenvalue weighted by Crippen LogP contribution is -2.27. The zero-order chi connectivity index (χ0) is 22.4. The molecule has 0 saturated heterocycles. The lowest BCUT2D eigenvalue weighted by Gasteiger charge is -2.27. The summed E-state index contributed by atoms with van der Waals surface area (Å²) in [4.78, 5) is 17.4. The number of rotatable bonds is 8. The summed E-state index contributed by atoms with van der Waals surface area (Å²) < 4.78 is 47.0. The highest BCUT2D eigenvalue weighted by Gasteiger charge is 2.35. The van der Waals surface area contributed by atoms with Crippen LogP contribution in [-0.2, 0) is 17.5 Å². The summed E-state index contributed by atoms with van der Waals surface area (Å²) in [5, 5.41) is 0. The summed E-state index contributed by atoms with van der Waals surface area (Å²) in [5.74, 6) is -0.219. The Hall–Kier alpha value is -3.61. The van der Waals surface area contributed by atoms with Crippen LogP contribution in [0.5, 0.6) is 11.5 Å². The highest BCUT2D eigenvalue weighted by atomic mass is 19.4. The van der Waals surface area contributed by atoms with Crippen LogP contribution in [0.2, 0.25) is 0 Å². The van der Waals surface area contributed by atoms with E-state index in [4.69, 9.17) is 4.74 Å². The van der Waals surface area contributed by atoms with E-state index in [-0.39, 0.29) is 24.6 Å². The fourth-order valence-corrected chi connectivity index (χ4v) is 2.93. The monoisotopic (exact) mass is 426 g/mol. The van der Waals surface area contributed by atoms with Gasteiger partial charge < -0.3 is 9.64 Å². The molecule has 0 bridgehead atoms. The van der Waals surface area contributed by atoms with Gasteiger partial charge in [0, 0.05) is 36.7 Å². The molecule has 0 N–H and O–H groups in total. The van der Waals surface area contributed by atoms with Gasteiger partial charge in [0.1, 0.15) is 17.1 Å². The van der Waals surface area contributed by atoms with Crippen LogP contribution in [0.4, 0.5) is 18.9 Å². The molecule has 7 heteroatoms. The molecule has 160 valence electrons. The lowest BCUT2D eigenvalue weighted by molar-refractivity contribution is -0.138. The van der Waals surface area contributed by atoms with Crippen molar-refractivity contribution in [3.63, 3.8) is 0 Å². The first-order valence-corrected chi connectivity index (χ1v) is 9.51. The summed E-state index contributed by atoms with van der Waals surface area (Å²) in [6.07, 6.45) is -1.39. The number of benzene rings is 2. The van der Waals surface area contributed by atoms with Crippen molar-refractivity contribution < 1.29 is 22.7 Å². The number of aromatic nitrogens is 1. The summed E-state index contributed by atoms with van der Waals surface area (Å²) >= 11 is 0. The van der Waals surface area contributed by atoms with Gasteiger partial charge in [-0.15, -0.1) is 0 Å². The molecule has 1 aromatic heterocycles. The molecule has 0 aliphatic carbocycles. The number of halogens is 3. The van der Waals surface area contributed by atoms with Gasteiger partial charge in [-0.1, -0.05) is 30.8 Å². The third kappa shape index (κ3) is 5.94. The number of hydrogen-bond donors (Lipinski definition) is 0. The summed E-state index contributed by atoms with van der Waals surface area (Å²) in [5.41, 5.74) is 0.469. The van der Waals surface area contributed by atoms with Gasteiger partial charge in [0.2, 0.25) is 0 Å². The molecule has 31 heavy (non-hydrogen) atoms. The van der Waals surface area contributed by atoms with Crippen LogP contribution in [0.25, 0.3) is 0 Å². The Morgan fingerprint density at radius 1 is 1.10 bits per heavy atom. The second-order valence-corrected chi connectivity index (χ2v) is 6.97. The van der Waals surface area contributed by atoms with E-state index < -0.39 is 11.7 Å². The fourth-order valence-electron chi connectivity index (χ4n) is 2.93. The molecule has 0 amide bonds. The zero-order valence-corrected chi connectivity index (χ0v) is 16.9. The van der Waals surface area contributed by atoms with Crippen LogP contribution in [0.3, 0.4) is 0 Å². The average Bonchev–Trinajstić information content (AvgIpc) is 2.74. The van der Waals surface area contributed by atoms with Crippen molar-refractivity contribution in [2.45, 2.75) is 19.6 Å². The number of anilines is 1. The Kier molecular flexibility index (Phi) is 6.74. The van der Waals surface area contributed by atoms with Gasteiger partial charge in [-0.05, 0) is 48.9 Å². The molecular formula is C24H21F3N2O2. The van der Waals surface area contributed by atoms with E-state index in [2.05, 4.69) is 11.6 Å². The highest BCUT2D eigenvalue weighted by molar-refractivity contribution is 5.93. The molecule has 0 fully saturated rings. The fraction of sp³-hybridized carbons (Fsp3) is 0.167. The van der Waals surface area contributed by atoms with Crippen LogP contribution < -0.4 is 9.64 Å². The zero-order valence-electron chi connectivity index (χ0n) is 16.9. The van der Waals surface area contributed by atoms with E-state index >= 15 is 0 Å². The number of hydrogen-bond acceptors (Lipinski definition) is 4. The molecule has 0 saturated carbocycles. The number of carbonyl (C=O) groups excluding carboxylic acids is 1. The molecule has 0 radical (unpaired) electrons. The van der Waals surface area contributed by atoms with Gasteiger partial charge in [-0.2, -0.15) is 13.2 Å². The van der Waals surface area contributed by atoms with E-state index in [1.165, 1.54) is 19.1 Å². The van der Waals surface area contributed by atoms with Crippen LogP contribution in [0.1, 0.15) is 18.1 Å². The Labute approximate surface area is 178 Å². The predicted octanol–water partition coefficient (Wildman–Crippen LogP) is 6.04. The van der Waals surface area contributed by atoms with Crippen molar-refractivity contribution in [1.29, 1.82) is 0 Å². The van der Waals surface area contributed by atoms with Gasteiger partial charge in [0.05, 0.1) is 0 Å². The Morgan fingerprint density at radius 2 is 1.84 bits per heavy atom. The largest absolute Gasteiger partial charge is 0.457 e. The first-order valence-electron chi connectivity index (χ1n) is 9.51. The maximum absolute atomic E-state index is 13.8. The van der Waals surface area contributed by atoms with Crippen LogP contribution in [-0.4, -0.2) is 17.3 Å². The maximum atomic E-state index is 13.8. The van der Waals surface area contributed by atoms with Crippen molar-refractivity contribution in [3.8, 4) is 11.5 Å². The van der Waals surface area contributed by atoms with E-state index in [0.29, 0.717) is 17.0 Å². The Bertz CT molecular complexity index is 1050. The quantitative estimate of drug-likeness (QED) is 0.412. The van der Waals surface area contributed by atoms with Gasteiger partial charge in [-0.25, -0.2) is 0 Å². The first-order chi connectivity index (χ1) is 14.7. The number of nitrogens with zero attached hydrogens (tertiary/aromatic N) is 2. The molecule has 2 aromatic carbocycles. The molecule has 0 atom stereocenters. The van der Waals surface area contributed by atoms with E-state index in [1.807, 2.05) is 6.07 Å². The lowest BCUT2D eigenvalue weighted by atomic mass is 10.1. The van der Waals surface area contributed by atoms with Gasteiger partial charge in [0.15, 0.2) is 5.78 Å². The Morgan fingerprint density at radius 3 is 2.45 bits per heavy atom. The van der Waals surface area contributed by atoms with Crippen LogP contribution >= 0.6 is 0 Å². The number of pyridine rings is 1. The maximum Gasteiger partial charge on any atom is 0.420 e. The van der Waals surface area contributed by atoms with Crippen molar-refractivity contribution in [1.82, 2.24) is 4.98 Å². The topological polar surface area (TPSA) is 42.4 Å². The van der Waals surface area contributed by atoms with E-state index in [1.54, 1.807) is 53.7 Å². The second-order valence-electron chi connectivity index (χ2n) is 6.97. The van der Waals surface area contributed by atoms with Crippen molar-refractivity contribution >= 4 is 11.5 Å². The minimum atomic E-state index is -4.63. The van der Waals surface area contributed by atoms with Gasteiger partial charge in [0.25, 0.3) is 0 Å². The predicted molar refractivity (Wildman–Crippen MR) is 113 cm³/mol. The SMILES string of the molecule is C=C(CN(Cc1cccnc1)c1ccc(Oc2ccccc2)c(C(F)(F)F)c1)C(C)=O. The summed E-state index contributed by atoms with van der Waals surface area (Å²) in [7, 11) is 0. The number of Topliss-reactive ketones (excluding diaryl/α,β-unsaturated/α-hetero) is 1. The highest BCUT2D eigenvalue weighted by Crippen LogP contribution is 2.40. The third-order valence-corrected chi connectivity index (χ3v) is 4.58. The van der Waals surface area contributed by atoms with Crippen molar-refractivity contribution in [3.05, 3.63) is 96.3 Å². The number of ether oxygens (including phenoxy) is 1. The Balaban J connectivity index is 1.99. The van der Waals surface area contributed by atoms with Crippen LogP contribution in [0.15, 0.2) is 85.2 Å². The van der Waals surface area contributed by atoms with E-state index in [9.17, 15) is 18.0 Å². The third-order valence-electron chi connectivity index (χ3n) is 4.58. The average molecular weight is 426 g/mol. The standard InChI is InChI=1S/C24H21F3N2O2/c1-17(18(2)30)15-29(16-19-7-6-12-28-14-19)20-10-11-23(22(13-20)24(25,26)27)31-21-8-4-3-5-9-21/h3-14H,1,15-16H2,2H3. The number of para-hydroxylation sites is 1. The molecule has 0 aliphatic rings. The molecule has 0 spiro atoms. The van der Waals surface area contributed by atoms with Gasteiger partial charge >= 0.3 is 6.18 Å². The minimum absolute atomic E-state index is 0.0837. The molecule has 4 nitrogen and oxygen atoms in total. The molecular weight excluding hydrogens is 405 g/mol. The summed E-state index contributed by atoms with van der Waals surface area (Å²) in [6, 6.07) is 15.7. The number of carbonyl (C=O) groups is 1. The normalized spacial score (nSPS) is 11.1. The smallest absolute Gasteiger partial charge is 0.420 e.